The number of rotatable bonds is 5. The third-order valence-electron chi connectivity index (χ3n) is 2.44. The lowest BCUT2D eigenvalue weighted by atomic mass is 10.0. The Kier molecular flexibility index (Phi) is 4.44. The van der Waals surface area contributed by atoms with Crippen LogP contribution in [0.4, 0.5) is 0 Å². The van der Waals surface area contributed by atoms with E-state index in [1.807, 2.05) is 0 Å². The highest BCUT2D eigenvalue weighted by atomic mass is 32.1. The molecule has 1 saturated heterocycles. The average molecular weight is 232 g/mol. The standard InChI is InChI=1S/C9H16N2O3S/c1-13-9(2-3-14-6-9)5-11-8(12)4-7(10)15/h2-6H2,1H3,(H2,10,15)(H,11,12). The molecule has 1 amide bonds. The molecule has 1 aliphatic rings. The van der Waals surface area contributed by atoms with Crippen molar-refractivity contribution in [2.75, 3.05) is 26.9 Å². The Hall–Kier alpha value is -0.720. The molecule has 1 rings (SSSR count). The zero-order valence-corrected chi connectivity index (χ0v) is 9.56. The van der Waals surface area contributed by atoms with E-state index < -0.39 is 0 Å². The van der Waals surface area contributed by atoms with Gasteiger partial charge in [-0.15, -0.1) is 0 Å². The third-order valence-corrected chi connectivity index (χ3v) is 2.59. The fourth-order valence-electron chi connectivity index (χ4n) is 1.44. The lowest BCUT2D eigenvalue weighted by Gasteiger charge is -2.25. The first-order valence-corrected chi connectivity index (χ1v) is 5.17. The second-order valence-corrected chi connectivity index (χ2v) is 4.13. The number of carbonyl (C=O) groups excluding carboxylic acids is 1. The van der Waals surface area contributed by atoms with Crippen molar-refractivity contribution in [3.05, 3.63) is 0 Å². The minimum absolute atomic E-state index is 0.0793. The molecular formula is C9H16N2O3S. The number of carbonyl (C=O) groups is 1. The number of ether oxygens (including phenoxy) is 2. The van der Waals surface area contributed by atoms with Crippen molar-refractivity contribution >= 4 is 23.1 Å². The van der Waals surface area contributed by atoms with Crippen molar-refractivity contribution in [3.8, 4) is 0 Å². The Labute approximate surface area is 94.3 Å². The zero-order chi connectivity index (χ0) is 11.3. The highest BCUT2D eigenvalue weighted by Crippen LogP contribution is 2.21. The van der Waals surface area contributed by atoms with Crippen molar-refractivity contribution in [1.82, 2.24) is 5.32 Å². The van der Waals surface area contributed by atoms with Crippen molar-refractivity contribution < 1.29 is 14.3 Å². The number of methoxy groups -OCH3 is 1. The molecule has 1 atom stereocenters. The summed E-state index contributed by atoms with van der Waals surface area (Å²) < 4.78 is 10.6. The Morgan fingerprint density at radius 3 is 2.93 bits per heavy atom. The summed E-state index contributed by atoms with van der Waals surface area (Å²) in [6.45, 7) is 1.61. The minimum Gasteiger partial charge on any atom is -0.393 e. The molecule has 5 nitrogen and oxygen atoms in total. The molecule has 86 valence electrons. The zero-order valence-electron chi connectivity index (χ0n) is 8.75. The summed E-state index contributed by atoms with van der Waals surface area (Å²) in [6.07, 6.45) is 0.868. The maximum absolute atomic E-state index is 11.3. The summed E-state index contributed by atoms with van der Waals surface area (Å²) in [5, 5.41) is 2.74. The van der Waals surface area contributed by atoms with Crippen molar-refractivity contribution in [3.63, 3.8) is 0 Å². The van der Waals surface area contributed by atoms with E-state index >= 15 is 0 Å². The van der Waals surface area contributed by atoms with Gasteiger partial charge in [-0.3, -0.25) is 4.79 Å². The fraction of sp³-hybridized carbons (Fsp3) is 0.778. The van der Waals surface area contributed by atoms with E-state index in [9.17, 15) is 4.79 Å². The second kappa shape index (κ2) is 5.39. The fourth-order valence-corrected chi connectivity index (χ4v) is 1.57. The maximum atomic E-state index is 11.3. The minimum atomic E-state index is -0.383. The number of nitrogens with one attached hydrogen (secondary N) is 1. The number of thiocarbonyl (C=S) groups is 1. The van der Waals surface area contributed by atoms with Gasteiger partial charge in [0.25, 0.3) is 0 Å². The summed E-state index contributed by atoms with van der Waals surface area (Å²) in [6, 6.07) is 0. The van der Waals surface area contributed by atoms with Crippen LogP contribution in [0.2, 0.25) is 0 Å². The maximum Gasteiger partial charge on any atom is 0.226 e. The van der Waals surface area contributed by atoms with Crippen LogP contribution in [-0.2, 0) is 14.3 Å². The molecule has 0 radical (unpaired) electrons. The van der Waals surface area contributed by atoms with Gasteiger partial charge in [-0.25, -0.2) is 0 Å². The lowest BCUT2D eigenvalue weighted by molar-refractivity contribution is -0.121. The molecule has 15 heavy (non-hydrogen) atoms. The van der Waals surface area contributed by atoms with Crippen LogP contribution in [0, 0.1) is 0 Å². The molecule has 1 fully saturated rings. The molecule has 1 heterocycles. The number of nitrogens with two attached hydrogens (primary N) is 1. The number of amides is 1. The monoisotopic (exact) mass is 232 g/mol. The van der Waals surface area contributed by atoms with Gasteiger partial charge >= 0.3 is 0 Å². The smallest absolute Gasteiger partial charge is 0.226 e. The normalized spacial score (nSPS) is 25.1. The van der Waals surface area contributed by atoms with Crippen LogP contribution in [0.5, 0.6) is 0 Å². The highest BCUT2D eigenvalue weighted by Gasteiger charge is 2.35. The Bertz CT molecular complexity index is 252. The first-order valence-electron chi connectivity index (χ1n) is 4.76. The third kappa shape index (κ3) is 3.73. The second-order valence-electron chi connectivity index (χ2n) is 3.61. The van der Waals surface area contributed by atoms with Crippen LogP contribution in [0.1, 0.15) is 12.8 Å². The van der Waals surface area contributed by atoms with Gasteiger partial charge in [-0.05, 0) is 0 Å². The molecule has 0 bridgehead atoms. The van der Waals surface area contributed by atoms with Gasteiger partial charge in [0.05, 0.1) is 18.0 Å². The topological polar surface area (TPSA) is 73.6 Å². The van der Waals surface area contributed by atoms with E-state index in [4.69, 9.17) is 15.2 Å². The molecular weight excluding hydrogens is 216 g/mol. The van der Waals surface area contributed by atoms with E-state index in [-0.39, 0.29) is 22.9 Å². The molecule has 1 aliphatic heterocycles. The largest absolute Gasteiger partial charge is 0.393 e. The summed E-state index contributed by atoms with van der Waals surface area (Å²) in [7, 11) is 1.62. The van der Waals surface area contributed by atoms with Gasteiger partial charge in [0, 0.05) is 26.7 Å². The lowest BCUT2D eigenvalue weighted by Crippen LogP contribution is -2.45. The van der Waals surface area contributed by atoms with E-state index in [0.717, 1.165) is 6.42 Å². The molecule has 0 spiro atoms. The summed E-state index contributed by atoms with van der Waals surface area (Å²) in [5.41, 5.74) is 4.87. The Morgan fingerprint density at radius 1 is 1.73 bits per heavy atom. The Morgan fingerprint density at radius 2 is 2.47 bits per heavy atom. The molecule has 0 aliphatic carbocycles. The summed E-state index contributed by atoms with van der Waals surface area (Å²) in [5.74, 6) is -0.175. The van der Waals surface area contributed by atoms with Crippen LogP contribution in [0.15, 0.2) is 0 Å². The van der Waals surface area contributed by atoms with Gasteiger partial charge in [0.15, 0.2) is 0 Å². The predicted octanol–water partition coefficient (Wildman–Crippen LogP) is -0.416. The molecule has 0 saturated carbocycles. The average Bonchev–Trinajstić information content (AvgIpc) is 2.63. The van der Waals surface area contributed by atoms with E-state index in [1.165, 1.54) is 0 Å². The molecule has 1 unspecified atom stereocenters. The van der Waals surface area contributed by atoms with Gasteiger partial charge in [-0.2, -0.15) is 0 Å². The van der Waals surface area contributed by atoms with E-state index in [0.29, 0.717) is 19.8 Å². The van der Waals surface area contributed by atoms with Crippen LogP contribution in [-0.4, -0.2) is 43.4 Å². The van der Waals surface area contributed by atoms with Gasteiger partial charge < -0.3 is 20.5 Å². The number of hydrogen-bond acceptors (Lipinski definition) is 4. The van der Waals surface area contributed by atoms with Gasteiger partial charge in [-0.1, -0.05) is 12.2 Å². The summed E-state index contributed by atoms with van der Waals surface area (Å²) >= 11 is 4.64. The first-order chi connectivity index (χ1) is 7.08. The SMILES string of the molecule is COC1(CNC(=O)CC(N)=S)CCOC1. The first kappa shape index (κ1) is 12.4. The molecule has 3 N–H and O–H groups in total. The summed E-state index contributed by atoms with van der Waals surface area (Å²) in [4.78, 5) is 11.5. The molecule has 0 aromatic heterocycles. The molecule has 6 heteroatoms. The molecule has 0 aromatic carbocycles. The van der Waals surface area contributed by atoms with Crippen LogP contribution in [0.25, 0.3) is 0 Å². The van der Waals surface area contributed by atoms with E-state index in [2.05, 4.69) is 17.5 Å². The van der Waals surface area contributed by atoms with Gasteiger partial charge in [0.1, 0.15) is 5.60 Å². The van der Waals surface area contributed by atoms with Gasteiger partial charge in [0.2, 0.25) is 5.91 Å². The van der Waals surface area contributed by atoms with Crippen LogP contribution in [0.3, 0.4) is 0 Å². The van der Waals surface area contributed by atoms with Crippen molar-refractivity contribution in [1.29, 1.82) is 0 Å². The number of hydrogen-bond donors (Lipinski definition) is 2. The predicted molar refractivity (Wildman–Crippen MR) is 59.6 cm³/mol. The van der Waals surface area contributed by atoms with Crippen LogP contribution < -0.4 is 11.1 Å². The van der Waals surface area contributed by atoms with E-state index in [1.54, 1.807) is 7.11 Å². The Balaban J connectivity index is 2.34. The quantitative estimate of drug-likeness (QED) is 0.630. The van der Waals surface area contributed by atoms with Crippen molar-refractivity contribution in [2.45, 2.75) is 18.4 Å². The highest BCUT2D eigenvalue weighted by molar-refractivity contribution is 7.80. The molecule has 0 aromatic rings. The van der Waals surface area contributed by atoms with Crippen LogP contribution >= 0.6 is 12.2 Å². The van der Waals surface area contributed by atoms with Crippen molar-refractivity contribution in [2.24, 2.45) is 5.73 Å².